The Morgan fingerprint density at radius 2 is 1.77 bits per heavy atom. The first-order valence-corrected chi connectivity index (χ1v) is 11.8. The van der Waals surface area contributed by atoms with Crippen LogP contribution in [0.4, 0.5) is 0 Å². The fourth-order valence-corrected chi connectivity index (χ4v) is 5.69. The van der Waals surface area contributed by atoms with Crippen LogP contribution in [0.15, 0.2) is 80.1 Å². The van der Waals surface area contributed by atoms with Crippen molar-refractivity contribution >= 4 is 39.1 Å². The summed E-state index contributed by atoms with van der Waals surface area (Å²) in [5.41, 5.74) is 3.13. The Bertz CT molecular complexity index is 1400. The second kappa shape index (κ2) is 7.53. The standard InChI is InChI=1S/C25H21BrN2O2S/c1-25(2)13-18-21(19(29)14-25)22(16-8-10-17(26)11-9-16)28-23(30)20(31-24(28)27-18)12-15-6-4-3-5-7-15/h3-12,22H,13-14H2,1-2H3. The summed E-state index contributed by atoms with van der Waals surface area (Å²) in [6.07, 6.45) is 3.09. The quantitative estimate of drug-likeness (QED) is 0.533. The minimum absolute atomic E-state index is 0.0836. The van der Waals surface area contributed by atoms with Gasteiger partial charge in [-0.1, -0.05) is 83.6 Å². The molecule has 1 aliphatic carbocycles. The number of aromatic nitrogens is 1. The van der Waals surface area contributed by atoms with Crippen LogP contribution in [0.2, 0.25) is 0 Å². The summed E-state index contributed by atoms with van der Waals surface area (Å²) in [5, 5.41) is 0. The molecule has 0 bridgehead atoms. The number of carbonyl (C=O) groups excluding carboxylic acids is 1. The molecule has 5 rings (SSSR count). The highest BCUT2D eigenvalue weighted by atomic mass is 79.9. The lowest BCUT2D eigenvalue weighted by Crippen LogP contribution is -2.42. The summed E-state index contributed by atoms with van der Waals surface area (Å²) < 4.78 is 3.29. The Kier molecular flexibility index (Phi) is 4.94. The van der Waals surface area contributed by atoms with Crippen LogP contribution in [-0.4, -0.2) is 10.4 Å². The van der Waals surface area contributed by atoms with Crippen molar-refractivity contribution in [3.05, 3.63) is 101 Å². The van der Waals surface area contributed by atoms with Gasteiger partial charge in [-0.3, -0.25) is 14.2 Å². The van der Waals surface area contributed by atoms with E-state index in [1.807, 2.05) is 60.7 Å². The molecular weight excluding hydrogens is 472 g/mol. The summed E-state index contributed by atoms with van der Waals surface area (Å²) in [6.45, 7) is 4.20. The second-order valence-corrected chi connectivity index (χ2v) is 10.8. The third kappa shape index (κ3) is 3.68. The second-order valence-electron chi connectivity index (χ2n) is 8.85. The van der Waals surface area contributed by atoms with E-state index in [-0.39, 0.29) is 16.8 Å². The van der Waals surface area contributed by atoms with E-state index in [4.69, 9.17) is 4.99 Å². The van der Waals surface area contributed by atoms with Crippen molar-refractivity contribution in [2.75, 3.05) is 0 Å². The fourth-order valence-electron chi connectivity index (χ4n) is 4.41. The number of halogens is 1. The first kappa shape index (κ1) is 20.3. The van der Waals surface area contributed by atoms with Crippen LogP contribution in [0.3, 0.4) is 0 Å². The van der Waals surface area contributed by atoms with Crippen LogP contribution >= 0.6 is 27.3 Å². The maximum Gasteiger partial charge on any atom is 0.271 e. The number of carbonyl (C=O) groups is 1. The maximum atomic E-state index is 13.5. The van der Waals surface area contributed by atoms with Crippen molar-refractivity contribution in [2.24, 2.45) is 10.4 Å². The maximum absolute atomic E-state index is 13.5. The van der Waals surface area contributed by atoms with Crippen LogP contribution in [0.5, 0.6) is 0 Å². The normalized spacial score (nSPS) is 20.3. The molecule has 1 aromatic heterocycles. The number of hydrogen-bond acceptors (Lipinski definition) is 4. The first-order valence-electron chi connectivity index (χ1n) is 10.2. The molecule has 31 heavy (non-hydrogen) atoms. The third-order valence-electron chi connectivity index (χ3n) is 5.78. The van der Waals surface area contributed by atoms with E-state index in [0.717, 1.165) is 27.7 Å². The summed E-state index contributed by atoms with van der Waals surface area (Å²) in [4.78, 5) is 32.3. The number of hydrogen-bond donors (Lipinski definition) is 0. The zero-order valence-corrected chi connectivity index (χ0v) is 19.7. The van der Waals surface area contributed by atoms with Gasteiger partial charge in [0.2, 0.25) is 0 Å². The van der Waals surface area contributed by atoms with Crippen molar-refractivity contribution < 1.29 is 4.79 Å². The molecule has 0 radical (unpaired) electrons. The molecule has 0 N–H and O–H groups in total. The van der Waals surface area contributed by atoms with E-state index >= 15 is 0 Å². The molecule has 4 nitrogen and oxygen atoms in total. The lowest BCUT2D eigenvalue weighted by Gasteiger charge is -2.35. The van der Waals surface area contributed by atoms with Gasteiger partial charge in [0.15, 0.2) is 10.6 Å². The average molecular weight is 493 g/mol. The van der Waals surface area contributed by atoms with Crippen LogP contribution in [0.25, 0.3) is 6.08 Å². The molecule has 0 amide bonds. The van der Waals surface area contributed by atoms with Gasteiger partial charge < -0.3 is 0 Å². The SMILES string of the molecule is CC1(C)CC(=O)C2=C(C1)N=c1sc(=Cc3ccccc3)c(=O)n1C2c1ccc(Br)cc1. The minimum Gasteiger partial charge on any atom is -0.294 e. The van der Waals surface area contributed by atoms with Gasteiger partial charge in [-0.15, -0.1) is 0 Å². The number of ketones is 1. The van der Waals surface area contributed by atoms with Gasteiger partial charge in [-0.25, -0.2) is 4.99 Å². The number of thiazole rings is 1. The predicted molar refractivity (Wildman–Crippen MR) is 127 cm³/mol. The molecule has 1 atom stereocenters. The van der Waals surface area contributed by atoms with Gasteiger partial charge in [0.1, 0.15) is 0 Å². The minimum atomic E-state index is -0.444. The summed E-state index contributed by atoms with van der Waals surface area (Å²) in [7, 11) is 0. The van der Waals surface area contributed by atoms with Gasteiger partial charge in [0.05, 0.1) is 16.3 Å². The number of rotatable bonds is 2. The summed E-state index contributed by atoms with van der Waals surface area (Å²) >= 11 is 4.87. The van der Waals surface area contributed by atoms with Crippen LogP contribution in [-0.2, 0) is 4.79 Å². The molecule has 1 unspecified atom stereocenters. The number of allylic oxidation sites excluding steroid dienone is 2. The molecule has 0 fully saturated rings. The van der Waals surface area contributed by atoms with Gasteiger partial charge in [0, 0.05) is 16.5 Å². The highest BCUT2D eigenvalue weighted by molar-refractivity contribution is 9.10. The smallest absolute Gasteiger partial charge is 0.271 e. The van der Waals surface area contributed by atoms with Crippen molar-refractivity contribution in [2.45, 2.75) is 32.7 Å². The molecule has 2 aliphatic rings. The van der Waals surface area contributed by atoms with E-state index in [0.29, 0.717) is 21.3 Å². The largest absolute Gasteiger partial charge is 0.294 e. The molecule has 6 heteroatoms. The van der Waals surface area contributed by atoms with Crippen LogP contribution < -0.4 is 14.9 Å². The number of benzene rings is 2. The summed E-state index contributed by atoms with van der Waals surface area (Å²) in [5.74, 6) is 0.0836. The molecular formula is C25H21BrN2O2S. The Morgan fingerprint density at radius 3 is 2.48 bits per heavy atom. The molecule has 0 saturated heterocycles. The van der Waals surface area contributed by atoms with Crippen molar-refractivity contribution in [3.8, 4) is 0 Å². The van der Waals surface area contributed by atoms with Gasteiger partial charge >= 0.3 is 0 Å². The lowest BCUT2D eigenvalue weighted by atomic mass is 9.73. The highest BCUT2D eigenvalue weighted by Crippen LogP contribution is 2.43. The predicted octanol–water partition coefficient (Wildman–Crippen LogP) is 4.37. The van der Waals surface area contributed by atoms with E-state index < -0.39 is 6.04 Å². The van der Waals surface area contributed by atoms with Gasteiger partial charge in [-0.2, -0.15) is 0 Å². The average Bonchev–Trinajstić information content (AvgIpc) is 3.02. The van der Waals surface area contributed by atoms with Crippen molar-refractivity contribution in [3.63, 3.8) is 0 Å². The van der Waals surface area contributed by atoms with E-state index in [1.54, 1.807) is 4.57 Å². The van der Waals surface area contributed by atoms with E-state index in [1.165, 1.54) is 11.3 Å². The molecule has 2 aromatic carbocycles. The van der Waals surface area contributed by atoms with Crippen molar-refractivity contribution in [1.82, 2.24) is 4.57 Å². The Labute approximate surface area is 192 Å². The first-order chi connectivity index (χ1) is 14.8. The molecule has 2 heterocycles. The number of Topliss-reactive ketones (excluding diaryl/α,β-unsaturated/α-hetero) is 1. The van der Waals surface area contributed by atoms with Gasteiger partial charge in [-0.05, 0) is 41.2 Å². The van der Waals surface area contributed by atoms with E-state index in [2.05, 4.69) is 29.8 Å². The van der Waals surface area contributed by atoms with Gasteiger partial charge in [0.25, 0.3) is 5.56 Å². The summed E-state index contributed by atoms with van der Waals surface area (Å²) in [6, 6.07) is 17.2. The van der Waals surface area contributed by atoms with E-state index in [9.17, 15) is 9.59 Å². The Morgan fingerprint density at radius 1 is 1.06 bits per heavy atom. The molecule has 156 valence electrons. The lowest BCUT2D eigenvalue weighted by molar-refractivity contribution is -0.118. The van der Waals surface area contributed by atoms with Crippen LogP contribution in [0.1, 0.15) is 43.9 Å². The Hall–Kier alpha value is -2.57. The highest BCUT2D eigenvalue weighted by Gasteiger charge is 2.40. The Balaban J connectivity index is 1.78. The zero-order valence-electron chi connectivity index (χ0n) is 17.3. The fraction of sp³-hybridized carbons (Fsp3) is 0.240. The van der Waals surface area contributed by atoms with Crippen LogP contribution in [0, 0.1) is 5.41 Å². The number of nitrogens with zero attached hydrogens (tertiary/aromatic N) is 2. The topological polar surface area (TPSA) is 51.4 Å². The third-order valence-corrected chi connectivity index (χ3v) is 7.29. The zero-order chi connectivity index (χ0) is 21.8. The molecule has 3 aromatic rings. The molecule has 1 aliphatic heterocycles. The number of fused-ring (bicyclic) bond motifs is 1. The van der Waals surface area contributed by atoms with Crippen molar-refractivity contribution in [1.29, 1.82) is 0 Å². The monoisotopic (exact) mass is 492 g/mol. The molecule has 0 saturated carbocycles. The molecule has 0 spiro atoms.